The number of nitrogens with zero attached hydrogens (tertiary/aromatic N) is 1. The minimum atomic E-state index is -0.0363. The van der Waals surface area contributed by atoms with Crippen molar-refractivity contribution < 1.29 is 9.53 Å². The first-order valence-electron chi connectivity index (χ1n) is 6.58. The summed E-state index contributed by atoms with van der Waals surface area (Å²) < 4.78 is 4.70. The van der Waals surface area contributed by atoms with Crippen molar-refractivity contribution in [1.29, 1.82) is 0 Å². The van der Waals surface area contributed by atoms with Crippen LogP contribution >= 0.6 is 0 Å². The number of methoxy groups -OCH3 is 1. The van der Waals surface area contributed by atoms with Crippen LogP contribution in [0.25, 0.3) is 0 Å². The van der Waals surface area contributed by atoms with E-state index in [1.54, 1.807) is 0 Å². The summed E-state index contributed by atoms with van der Waals surface area (Å²) in [5.41, 5.74) is 0. The van der Waals surface area contributed by atoms with Gasteiger partial charge in [-0.3, -0.25) is 4.79 Å². The number of likely N-dealkylation sites (tertiary alicyclic amines) is 1. The number of carbonyl (C=O) groups excluding carboxylic acids is 1. The van der Waals surface area contributed by atoms with E-state index < -0.39 is 0 Å². The Morgan fingerprint density at radius 2 is 1.62 bits per heavy atom. The number of piperidine rings is 1. The standard InChI is InChI=1S/C9H17NO2.2C2H6/c1-3-10-6-4-8(5-7-10)9(11)12-2;2*1-2/h8H,3-7H2,1-2H3;2*1-2H3. The van der Waals surface area contributed by atoms with Crippen LogP contribution in [0, 0.1) is 5.92 Å². The Morgan fingerprint density at radius 1 is 1.19 bits per heavy atom. The van der Waals surface area contributed by atoms with Gasteiger partial charge in [0.1, 0.15) is 0 Å². The molecule has 0 spiro atoms. The molecule has 1 fully saturated rings. The number of rotatable bonds is 2. The summed E-state index contributed by atoms with van der Waals surface area (Å²) in [6, 6.07) is 0. The molecule has 3 heteroatoms. The van der Waals surface area contributed by atoms with Crippen LogP contribution in [0.5, 0.6) is 0 Å². The van der Waals surface area contributed by atoms with E-state index in [4.69, 9.17) is 4.74 Å². The van der Waals surface area contributed by atoms with Gasteiger partial charge in [0.2, 0.25) is 0 Å². The summed E-state index contributed by atoms with van der Waals surface area (Å²) in [4.78, 5) is 13.5. The lowest BCUT2D eigenvalue weighted by atomic mass is 9.97. The van der Waals surface area contributed by atoms with Crippen LogP contribution < -0.4 is 0 Å². The van der Waals surface area contributed by atoms with Gasteiger partial charge in [-0.2, -0.15) is 0 Å². The van der Waals surface area contributed by atoms with Crippen molar-refractivity contribution in [3.63, 3.8) is 0 Å². The number of esters is 1. The molecular weight excluding hydrogens is 202 g/mol. The van der Waals surface area contributed by atoms with Crippen molar-refractivity contribution in [3.8, 4) is 0 Å². The summed E-state index contributed by atoms with van der Waals surface area (Å²) >= 11 is 0. The highest BCUT2D eigenvalue weighted by molar-refractivity contribution is 5.72. The molecule has 0 radical (unpaired) electrons. The highest BCUT2D eigenvalue weighted by Gasteiger charge is 2.24. The van der Waals surface area contributed by atoms with Crippen molar-refractivity contribution in [2.75, 3.05) is 26.7 Å². The molecule has 0 amide bonds. The molecular formula is C13H29NO2. The monoisotopic (exact) mass is 231 g/mol. The first-order valence-corrected chi connectivity index (χ1v) is 6.58. The molecule has 98 valence electrons. The SMILES string of the molecule is CC.CC.CCN1CCC(C(=O)OC)CC1. The number of carbonyl (C=O) groups is 1. The zero-order valence-corrected chi connectivity index (χ0v) is 11.9. The zero-order valence-electron chi connectivity index (χ0n) is 11.9. The Bertz CT molecular complexity index is 152. The van der Waals surface area contributed by atoms with Crippen LogP contribution in [0.2, 0.25) is 0 Å². The summed E-state index contributed by atoms with van der Waals surface area (Å²) in [5, 5.41) is 0. The molecule has 1 saturated heterocycles. The molecule has 0 N–H and O–H groups in total. The molecule has 1 aliphatic heterocycles. The molecule has 0 saturated carbocycles. The fourth-order valence-corrected chi connectivity index (χ4v) is 1.65. The maximum atomic E-state index is 11.1. The minimum Gasteiger partial charge on any atom is -0.469 e. The third kappa shape index (κ3) is 6.83. The van der Waals surface area contributed by atoms with Crippen LogP contribution in [0.15, 0.2) is 0 Å². The Morgan fingerprint density at radius 3 is 1.94 bits per heavy atom. The van der Waals surface area contributed by atoms with Crippen LogP contribution in [-0.2, 0) is 9.53 Å². The quantitative estimate of drug-likeness (QED) is 0.684. The summed E-state index contributed by atoms with van der Waals surface area (Å²) in [5.74, 6) is 0.114. The second-order valence-corrected chi connectivity index (χ2v) is 3.23. The molecule has 0 atom stereocenters. The van der Waals surface area contributed by atoms with Crippen LogP contribution in [0.1, 0.15) is 47.5 Å². The Hall–Kier alpha value is -0.570. The van der Waals surface area contributed by atoms with Gasteiger partial charge in [0.05, 0.1) is 13.0 Å². The average Bonchev–Trinajstić information content (AvgIpc) is 2.42. The fourth-order valence-electron chi connectivity index (χ4n) is 1.65. The highest BCUT2D eigenvalue weighted by Crippen LogP contribution is 2.17. The van der Waals surface area contributed by atoms with Gasteiger partial charge < -0.3 is 9.64 Å². The molecule has 0 aromatic heterocycles. The van der Waals surface area contributed by atoms with Crippen molar-refractivity contribution in [1.82, 2.24) is 4.90 Å². The first-order chi connectivity index (χ1) is 7.77. The summed E-state index contributed by atoms with van der Waals surface area (Å²) in [6.45, 7) is 13.3. The molecule has 0 aliphatic carbocycles. The molecule has 1 heterocycles. The van der Waals surface area contributed by atoms with E-state index in [9.17, 15) is 4.79 Å². The van der Waals surface area contributed by atoms with Crippen molar-refractivity contribution >= 4 is 5.97 Å². The molecule has 1 aliphatic rings. The van der Waals surface area contributed by atoms with Gasteiger partial charge in [0.25, 0.3) is 0 Å². The van der Waals surface area contributed by atoms with Crippen molar-refractivity contribution in [2.24, 2.45) is 5.92 Å². The second-order valence-electron chi connectivity index (χ2n) is 3.23. The van der Waals surface area contributed by atoms with Crippen LogP contribution in [0.4, 0.5) is 0 Å². The van der Waals surface area contributed by atoms with Crippen molar-refractivity contribution in [2.45, 2.75) is 47.5 Å². The Kier molecular flexibility index (Phi) is 13.9. The van der Waals surface area contributed by atoms with Crippen LogP contribution in [0.3, 0.4) is 0 Å². The van der Waals surface area contributed by atoms with E-state index in [0.717, 1.165) is 32.5 Å². The van der Waals surface area contributed by atoms with Gasteiger partial charge in [-0.15, -0.1) is 0 Å². The van der Waals surface area contributed by atoms with E-state index in [2.05, 4.69) is 11.8 Å². The zero-order chi connectivity index (χ0) is 13.0. The predicted molar refractivity (Wildman–Crippen MR) is 69.6 cm³/mol. The molecule has 1 rings (SSSR count). The first kappa shape index (κ1) is 17.8. The smallest absolute Gasteiger partial charge is 0.308 e. The number of hydrogen-bond donors (Lipinski definition) is 0. The lowest BCUT2D eigenvalue weighted by Crippen LogP contribution is -2.36. The molecule has 0 aromatic rings. The minimum absolute atomic E-state index is 0.0363. The van der Waals surface area contributed by atoms with E-state index >= 15 is 0 Å². The lowest BCUT2D eigenvalue weighted by molar-refractivity contribution is -0.147. The molecule has 0 bridgehead atoms. The maximum Gasteiger partial charge on any atom is 0.308 e. The molecule has 0 unspecified atom stereocenters. The van der Waals surface area contributed by atoms with E-state index in [0.29, 0.717) is 0 Å². The van der Waals surface area contributed by atoms with E-state index in [1.165, 1.54) is 7.11 Å². The third-order valence-electron chi connectivity index (χ3n) is 2.57. The Balaban J connectivity index is 0. The summed E-state index contributed by atoms with van der Waals surface area (Å²) in [6.07, 6.45) is 1.92. The van der Waals surface area contributed by atoms with E-state index in [1.807, 2.05) is 27.7 Å². The predicted octanol–water partition coefficient (Wildman–Crippen LogP) is 2.94. The van der Waals surface area contributed by atoms with Gasteiger partial charge in [-0.1, -0.05) is 34.6 Å². The average molecular weight is 231 g/mol. The lowest BCUT2D eigenvalue weighted by Gasteiger charge is -2.29. The van der Waals surface area contributed by atoms with Gasteiger partial charge in [-0.05, 0) is 32.5 Å². The third-order valence-corrected chi connectivity index (χ3v) is 2.57. The van der Waals surface area contributed by atoms with Gasteiger partial charge in [0.15, 0.2) is 0 Å². The van der Waals surface area contributed by atoms with E-state index in [-0.39, 0.29) is 11.9 Å². The highest BCUT2D eigenvalue weighted by atomic mass is 16.5. The second kappa shape index (κ2) is 12.5. The molecule has 0 aromatic carbocycles. The van der Waals surface area contributed by atoms with Crippen LogP contribution in [-0.4, -0.2) is 37.6 Å². The van der Waals surface area contributed by atoms with Gasteiger partial charge in [-0.25, -0.2) is 0 Å². The molecule has 3 nitrogen and oxygen atoms in total. The van der Waals surface area contributed by atoms with Gasteiger partial charge in [0, 0.05) is 0 Å². The van der Waals surface area contributed by atoms with Gasteiger partial charge >= 0.3 is 5.97 Å². The normalized spacial score (nSPS) is 16.4. The Labute approximate surface area is 101 Å². The summed E-state index contributed by atoms with van der Waals surface area (Å²) in [7, 11) is 1.47. The largest absolute Gasteiger partial charge is 0.469 e. The van der Waals surface area contributed by atoms with Crippen molar-refractivity contribution in [3.05, 3.63) is 0 Å². The maximum absolute atomic E-state index is 11.1. The fraction of sp³-hybridized carbons (Fsp3) is 0.923. The topological polar surface area (TPSA) is 29.5 Å². The number of ether oxygens (including phenoxy) is 1. The molecule has 16 heavy (non-hydrogen) atoms. The number of hydrogen-bond acceptors (Lipinski definition) is 3.